The van der Waals surface area contributed by atoms with Crippen molar-refractivity contribution in [3.05, 3.63) is 120 Å². The van der Waals surface area contributed by atoms with E-state index in [1.807, 2.05) is 97.1 Å². The van der Waals surface area contributed by atoms with Crippen LogP contribution < -0.4 is 0 Å². The highest BCUT2D eigenvalue weighted by molar-refractivity contribution is 5.24. The number of hydrogen-bond acceptors (Lipinski definition) is 4. The van der Waals surface area contributed by atoms with Crippen LogP contribution in [0.2, 0.25) is 0 Å². The molecule has 0 spiro atoms. The first kappa shape index (κ1) is 22.8. The van der Waals surface area contributed by atoms with Crippen molar-refractivity contribution in [2.45, 2.75) is 38.1 Å². The number of terminal acetylenes is 1. The zero-order valence-corrected chi connectivity index (χ0v) is 18.5. The van der Waals surface area contributed by atoms with E-state index < -0.39 is 6.10 Å². The van der Waals surface area contributed by atoms with Gasteiger partial charge in [0.1, 0.15) is 12.2 Å². The molecule has 4 heteroatoms. The number of rotatable bonds is 10. The van der Waals surface area contributed by atoms with Crippen molar-refractivity contribution in [2.24, 2.45) is 0 Å². The third-order valence-corrected chi connectivity index (χ3v) is 5.39. The van der Waals surface area contributed by atoms with Crippen molar-refractivity contribution in [1.29, 1.82) is 0 Å². The van der Waals surface area contributed by atoms with Gasteiger partial charge >= 0.3 is 0 Å². The quantitative estimate of drug-likeness (QED) is 0.402. The first-order valence-corrected chi connectivity index (χ1v) is 11.1. The molecule has 0 fully saturated rings. The lowest BCUT2D eigenvalue weighted by atomic mass is 10.0. The normalized spacial score (nSPS) is 19.8. The molecule has 1 aliphatic heterocycles. The molecule has 33 heavy (non-hydrogen) atoms. The lowest BCUT2D eigenvalue weighted by molar-refractivity contribution is -0.151. The van der Waals surface area contributed by atoms with Crippen molar-refractivity contribution < 1.29 is 18.9 Å². The van der Waals surface area contributed by atoms with E-state index >= 15 is 0 Å². The molecule has 168 valence electrons. The van der Waals surface area contributed by atoms with Crippen molar-refractivity contribution in [2.75, 3.05) is 6.61 Å². The smallest absolute Gasteiger partial charge is 0.169 e. The molecule has 0 amide bonds. The van der Waals surface area contributed by atoms with Crippen LogP contribution in [-0.2, 0) is 38.8 Å². The Kier molecular flexibility index (Phi) is 8.32. The molecule has 0 radical (unpaired) electrons. The van der Waals surface area contributed by atoms with Crippen LogP contribution in [0.25, 0.3) is 0 Å². The van der Waals surface area contributed by atoms with Gasteiger partial charge in [-0.25, -0.2) is 0 Å². The predicted octanol–water partition coefficient (Wildman–Crippen LogP) is 5.29. The summed E-state index contributed by atoms with van der Waals surface area (Å²) in [6.45, 7) is 1.70. The topological polar surface area (TPSA) is 36.9 Å². The van der Waals surface area contributed by atoms with Gasteiger partial charge in [0.15, 0.2) is 11.9 Å². The first-order chi connectivity index (χ1) is 16.3. The zero-order valence-electron chi connectivity index (χ0n) is 18.5. The molecule has 0 bridgehead atoms. The van der Waals surface area contributed by atoms with Gasteiger partial charge in [0, 0.05) is 0 Å². The Morgan fingerprint density at radius 1 is 0.697 bits per heavy atom. The van der Waals surface area contributed by atoms with Gasteiger partial charge in [0.05, 0.1) is 26.4 Å². The summed E-state index contributed by atoms with van der Waals surface area (Å²) >= 11 is 0. The third-order valence-electron chi connectivity index (χ3n) is 5.39. The van der Waals surface area contributed by atoms with Gasteiger partial charge < -0.3 is 18.9 Å². The van der Waals surface area contributed by atoms with Crippen LogP contribution in [0.5, 0.6) is 0 Å². The fourth-order valence-electron chi connectivity index (χ4n) is 3.68. The highest BCUT2D eigenvalue weighted by Gasteiger charge is 2.36. The van der Waals surface area contributed by atoms with Crippen LogP contribution in [0.4, 0.5) is 0 Å². The molecule has 0 aliphatic carbocycles. The molecular formula is C29H28O4. The maximum atomic E-state index is 6.34. The lowest BCUT2D eigenvalue weighted by Gasteiger charge is -2.36. The average molecular weight is 441 g/mol. The summed E-state index contributed by atoms with van der Waals surface area (Å²) in [5.74, 6) is 3.06. The highest BCUT2D eigenvalue weighted by Crippen LogP contribution is 2.25. The van der Waals surface area contributed by atoms with Crippen LogP contribution in [0.15, 0.2) is 103 Å². The molecule has 4 rings (SSSR count). The van der Waals surface area contributed by atoms with Gasteiger partial charge in [-0.2, -0.15) is 0 Å². The Labute approximate surface area is 195 Å². The predicted molar refractivity (Wildman–Crippen MR) is 128 cm³/mol. The van der Waals surface area contributed by atoms with E-state index in [4.69, 9.17) is 25.4 Å². The Morgan fingerprint density at radius 2 is 1.21 bits per heavy atom. The first-order valence-electron chi connectivity index (χ1n) is 11.1. The van der Waals surface area contributed by atoms with Crippen molar-refractivity contribution in [1.82, 2.24) is 0 Å². The molecule has 0 saturated carbocycles. The maximum Gasteiger partial charge on any atom is 0.169 e. The SMILES string of the molecule is C#CC1=C[C@@H](OCc2ccccc2)[C@H](OCc2ccccc2)[C@@H](COCc2ccccc2)O1. The maximum absolute atomic E-state index is 6.34. The highest BCUT2D eigenvalue weighted by atomic mass is 16.6. The van der Waals surface area contributed by atoms with E-state index in [1.54, 1.807) is 0 Å². The van der Waals surface area contributed by atoms with Gasteiger partial charge in [0.25, 0.3) is 0 Å². The Balaban J connectivity index is 1.47. The van der Waals surface area contributed by atoms with E-state index in [9.17, 15) is 0 Å². The number of ether oxygens (including phenoxy) is 4. The van der Waals surface area contributed by atoms with Gasteiger partial charge in [0.2, 0.25) is 0 Å². The zero-order chi connectivity index (χ0) is 22.7. The summed E-state index contributed by atoms with van der Waals surface area (Å²) in [5, 5.41) is 0. The van der Waals surface area contributed by atoms with E-state index in [2.05, 4.69) is 5.92 Å². The second-order valence-electron chi connectivity index (χ2n) is 7.85. The number of benzene rings is 3. The van der Waals surface area contributed by atoms with Crippen LogP contribution in [0.1, 0.15) is 16.7 Å². The fraction of sp³-hybridized carbons (Fsp3) is 0.241. The van der Waals surface area contributed by atoms with Crippen molar-refractivity contribution >= 4 is 0 Å². The largest absolute Gasteiger partial charge is 0.477 e. The van der Waals surface area contributed by atoms with E-state index in [0.29, 0.717) is 32.2 Å². The van der Waals surface area contributed by atoms with E-state index in [-0.39, 0.29) is 12.2 Å². The number of allylic oxidation sites excluding steroid dienone is 1. The van der Waals surface area contributed by atoms with Gasteiger partial charge in [-0.05, 0) is 28.7 Å². The molecule has 0 unspecified atom stereocenters. The molecular weight excluding hydrogens is 412 g/mol. The summed E-state index contributed by atoms with van der Waals surface area (Å²) in [4.78, 5) is 0. The second kappa shape index (κ2) is 12.0. The molecule has 3 aromatic carbocycles. The summed E-state index contributed by atoms with van der Waals surface area (Å²) in [6, 6.07) is 30.1. The minimum atomic E-state index is -0.394. The standard InChI is InChI=1S/C29H28O4/c1-2-26-18-27(31-20-24-14-8-4-9-15-24)29(32-21-25-16-10-5-11-17-25)28(33-26)22-30-19-23-12-6-3-7-13-23/h1,3-18,27-29H,19-22H2/t27-,28-,29+/m1/s1. The molecule has 1 heterocycles. The molecule has 0 N–H and O–H groups in total. The van der Waals surface area contributed by atoms with Gasteiger partial charge in [-0.3, -0.25) is 0 Å². The van der Waals surface area contributed by atoms with E-state index in [0.717, 1.165) is 16.7 Å². The second-order valence-corrected chi connectivity index (χ2v) is 7.85. The Bertz CT molecular complexity index is 1040. The number of hydrogen-bond donors (Lipinski definition) is 0. The molecule has 1 aliphatic rings. The molecule has 0 aromatic heterocycles. The molecule has 4 nitrogen and oxygen atoms in total. The summed E-state index contributed by atoms with van der Waals surface area (Å²) in [7, 11) is 0. The summed E-state index contributed by atoms with van der Waals surface area (Å²) < 4.78 is 24.6. The fourth-order valence-corrected chi connectivity index (χ4v) is 3.68. The van der Waals surface area contributed by atoms with E-state index in [1.165, 1.54) is 0 Å². The Morgan fingerprint density at radius 3 is 1.76 bits per heavy atom. The van der Waals surface area contributed by atoms with Crippen LogP contribution >= 0.6 is 0 Å². The monoisotopic (exact) mass is 440 g/mol. The van der Waals surface area contributed by atoms with Gasteiger partial charge in [-0.1, -0.05) is 91.0 Å². The molecule has 0 saturated heterocycles. The van der Waals surface area contributed by atoms with Crippen LogP contribution in [0.3, 0.4) is 0 Å². The van der Waals surface area contributed by atoms with Gasteiger partial charge in [-0.15, -0.1) is 6.42 Å². The third kappa shape index (κ3) is 6.81. The Hall–Kier alpha value is -3.36. The average Bonchev–Trinajstić information content (AvgIpc) is 2.88. The summed E-state index contributed by atoms with van der Waals surface area (Å²) in [5.41, 5.74) is 3.26. The van der Waals surface area contributed by atoms with Crippen LogP contribution in [0, 0.1) is 12.3 Å². The lowest BCUT2D eigenvalue weighted by Crippen LogP contribution is -2.47. The minimum Gasteiger partial charge on any atom is -0.477 e. The summed E-state index contributed by atoms with van der Waals surface area (Å²) in [6.07, 6.45) is 6.38. The van der Waals surface area contributed by atoms with Crippen molar-refractivity contribution in [3.8, 4) is 12.3 Å². The molecule has 3 aromatic rings. The molecule has 3 atom stereocenters. The van der Waals surface area contributed by atoms with Crippen LogP contribution in [-0.4, -0.2) is 24.9 Å². The van der Waals surface area contributed by atoms with Crippen molar-refractivity contribution in [3.63, 3.8) is 0 Å². The minimum absolute atomic E-state index is 0.332.